The summed E-state index contributed by atoms with van der Waals surface area (Å²) in [6.07, 6.45) is -0.122. The molecule has 2 aromatic rings. The first-order valence-corrected chi connectivity index (χ1v) is 10.8. The average Bonchev–Trinajstić information content (AvgIpc) is 3.30. The number of carbonyl (C=O) groups is 4. The van der Waals surface area contributed by atoms with E-state index in [-0.39, 0.29) is 18.9 Å². The van der Waals surface area contributed by atoms with E-state index in [1.165, 1.54) is 4.90 Å². The number of nitrogens with one attached hydrogen (secondary N) is 1. The van der Waals surface area contributed by atoms with E-state index in [1.807, 2.05) is 43.3 Å². The van der Waals surface area contributed by atoms with Gasteiger partial charge in [0.25, 0.3) is 5.91 Å². The highest BCUT2D eigenvalue weighted by Crippen LogP contribution is 2.51. The first-order valence-electron chi connectivity index (χ1n) is 10.4. The Morgan fingerprint density at radius 1 is 1.19 bits per heavy atom. The van der Waals surface area contributed by atoms with Gasteiger partial charge in [-0.2, -0.15) is 0 Å². The van der Waals surface area contributed by atoms with Crippen molar-refractivity contribution in [3.05, 3.63) is 64.2 Å². The molecular weight excluding hydrogens is 432 g/mol. The van der Waals surface area contributed by atoms with Crippen LogP contribution in [0.4, 0.5) is 5.69 Å². The van der Waals surface area contributed by atoms with Gasteiger partial charge in [-0.25, -0.2) is 0 Å². The summed E-state index contributed by atoms with van der Waals surface area (Å²) in [7, 11) is 0. The molecule has 3 aliphatic heterocycles. The number of primary amides is 1. The molecule has 3 heterocycles. The number of nitrogens with zero attached hydrogens (tertiary/aromatic N) is 1. The molecule has 0 saturated carbocycles. The maximum absolute atomic E-state index is 13.7. The fourth-order valence-corrected chi connectivity index (χ4v) is 5.88. The van der Waals surface area contributed by atoms with Crippen LogP contribution in [0.5, 0.6) is 0 Å². The van der Waals surface area contributed by atoms with Gasteiger partial charge in [0.2, 0.25) is 23.3 Å². The molecule has 164 valence electrons. The Hall–Kier alpha value is -3.23. The second kappa shape index (κ2) is 7.15. The molecule has 0 aliphatic carbocycles. The SMILES string of the molecule is Cc1cc(Cl)c2c(c1)[C@]1([NH2+][C@H](CC(N)=O)[C@H]3C(=O)N(Cc4ccccc4)C(=O)[C@H]31)C(=O)N2. The first kappa shape index (κ1) is 20.7. The summed E-state index contributed by atoms with van der Waals surface area (Å²) in [6, 6.07) is 12.1. The number of halogens is 1. The van der Waals surface area contributed by atoms with E-state index in [2.05, 4.69) is 5.32 Å². The van der Waals surface area contributed by atoms with Gasteiger partial charge in [-0.15, -0.1) is 0 Å². The average molecular weight is 454 g/mol. The van der Waals surface area contributed by atoms with E-state index in [1.54, 1.807) is 11.4 Å². The fourth-order valence-electron chi connectivity index (χ4n) is 5.55. The predicted octanol–water partition coefficient (Wildman–Crippen LogP) is 0.418. The summed E-state index contributed by atoms with van der Waals surface area (Å²) in [6.45, 7) is 1.95. The molecule has 0 bridgehead atoms. The normalized spacial score (nSPS) is 28.2. The number of likely N-dealkylation sites (tertiary alicyclic amines) is 1. The molecule has 2 saturated heterocycles. The summed E-state index contributed by atoms with van der Waals surface area (Å²) in [5, 5.41) is 4.86. The van der Waals surface area contributed by atoms with Crippen LogP contribution < -0.4 is 16.4 Å². The third-order valence-corrected chi connectivity index (χ3v) is 7.08. The Balaban J connectivity index is 1.64. The van der Waals surface area contributed by atoms with Crippen molar-refractivity contribution in [1.29, 1.82) is 0 Å². The fraction of sp³-hybridized carbons (Fsp3) is 0.304. The molecule has 4 amide bonds. The second-order valence-corrected chi connectivity index (χ2v) is 9.15. The van der Waals surface area contributed by atoms with Crippen molar-refractivity contribution in [1.82, 2.24) is 4.90 Å². The van der Waals surface area contributed by atoms with E-state index in [4.69, 9.17) is 17.3 Å². The molecule has 9 heteroatoms. The van der Waals surface area contributed by atoms with Gasteiger partial charge in [-0.3, -0.25) is 24.1 Å². The van der Waals surface area contributed by atoms with E-state index >= 15 is 0 Å². The molecule has 1 spiro atoms. The summed E-state index contributed by atoms with van der Waals surface area (Å²) in [5.74, 6) is -3.61. The summed E-state index contributed by atoms with van der Waals surface area (Å²) in [5.41, 5.74) is 6.72. The molecule has 5 N–H and O–H groups in total. The molecule has 0 radical (unpaired) electrons. The van der Waals surface area contributed by atoms with Crippen molar-refractivity contribution < 1.29 is 24.5 Å². The molecule has 0 unspecified atom stereocenters. The largest absolute Gasteiger partial charge is 0.369 e. The number of aryl methyl sites for hydroxylation is 1. The van der Waals surface area contributed by atoms with Crippen LogP contribution in [0.15, 0.2) is 42.5 Å². The summed E-state index contributed by atoms with van der Waals surface area (Å²) >= 11 is 6.40. The van der Waals surface area contributed by atoms with Crippen LogP contribution in [-0.2, 0) is 31.3 Å². The molecule has 2 aromatic carbocycles. The lowest BCUT2D eigenvalue weighted by atomic mass is 9.76. The number of imide groups is 1. The number of nitrogens with two attached hydrogens (primary N) is 2. The highest BCUT2D eigenvalue weighted by Gasteiger charge is 2.74. The van der Waals surface area contributed by atoms with E-state index in [0.717, 1.165) is 11.1 Å². The topological polar surface area (TPSA) is 126 Å². The summed E-state index contributed by atoms with van der Waals surface area (Å²) in [4.78, 5) is 53.6. The van der Waals surface area contributed by atoms with Crippen LogP contribution in [0.25, 0.3) is 0 Å². The van der Waals surface area contributed by atoms with Crippen LogP contribution in [0.3, 0.4) is 0 Å². The lowest BCUT2D eigenvalue weighted by Gasteiger charge is -2.26. The monoisotopic (exact) mass is 453 g/mol. The van der Waals surface area contributed by atoms with Crippen molar-refractivity contribution in [2.45, 2.75) is 31.5 Å². The van der Waals surface area contributed by atoms with Gasteiger partial charge in [0.05, 0.1) is 23.7 Å². The minimum Gasteiger partial charge on any atom is -0.369 e. The number of carbonyl (C=O) groups excluding carboxylic acids is 4. The van der Waals surface area contributed by atoms with Gasteiger partial charge in [-0.05, 0) is 30.2 Å². The van der Waals surface area contributed by atoms with Gasteiger partial charge < -0.3 is 16.4 Å². The van der Waals surface area contributed by atoms with Crippen LogP contribution in [-0.4, -0.2) is 34.6 Å². The zero-order chi connectivity index (χ0) is 22.8. The lowest BCUT2D eigenvalue weighted by molar-refractivity contribution is -0.732. The van der Waals surface area contributed by atoms with Crippen molar-refractivity contribution in [3.63, 3.8) is 0 Å². The number of amides is 4. The molecule has 5 rings (SSSR count). The van der Waals surface area contributed by atoms with E-state index in [9.17, 15) is 19.2 Å². The highest BCUT2D eigenvalue weighted by atomic mass is 35.5. The maximum Gasteiger partial charge on any atom is 0.291 e. The third-order valence-electron chi connectivity index (χ3n) is 6.79. The predicted molar refractivity (Wildman–Crippen MR) is 115 cm³/mol. The number of fused-ring (bicyclic) bond motifs is 4. The van der Waals surface area contributed by atoms with Gasteiger partial charge >= 0.3 is 0 Å². The van der Waals surface area contributed by atoms with Crippen LogP contribution in [0.2, 0.25) is 5.02 Å². The van der Waals surface area contributed by atoms with Crippen molar-refractivity contribution in [2.75, 3.05) is 5.32 Å². The molecule has 3 aliphatic rings. The Kier molecular flexibility index (Phi) is 4.61. The number of hydrogen-bond donors (Lipinski definition) is 3. The van der Waals surface area contributed by atoms with Crippen LogP contribution in [0, 0.1) is 18.8 Å². The van der Waals surface area contributed by atoms with Gasteiger partial charge in [-0.1, -0.05) is 41.9 Å². The number of anilines is 1. The van der Waals surface area contributed by atoms with Crippen molar-refractivity contribution >= 4 is 40.9 Å². The van der Waals surface area contributed by atoms with E-state index < -0.39 is 41.1 Å². The molecule has 8 nitrogen and oxygen atoms in total. The summed E-state index contributed by atoms with van der Waals surface area (Å²) < 4.78 is 0. The van der Waals surface area contributed by atoms with Gasteiger partial charge in [0.1, 0.15) is 17.9 Å². The Morgan fingerprint density at radius 3 is 2.59 bits per heavy atom. The Bertz CT molecular complexity index is 1180. The standard InChI is InChI=1S/C23H21ClN4O4/c1-11-7-13-19(14(24)8-11)26-22(32)23(13)18-17(15(27-23)9-16(25)29)20(30)28(21(18)31)10-12-5-3-2-4-6-12/h2-8,15,17-18,27H,9-10H2,1H3,(H2,25,29)(H,26,32)/p+1/t15-,17-,18+,23-/m1/s1. The zero-order valence-corrected chi connectivity index (χ0v) is 18.1. The van der Waals surface area contributed by atoms with E-state index in [0.29, 0.717) is 16.3 Å². The van der Waals surface area contributed by atoms with Crippen molar-refractivity contribution in [2.24, 2.45) is 17.6 Å². The number of quaternary nitrogens is 1. The maximum atomic E-state index is 13.7. The quantitative estimate of drug-likeness (QED) is 0.580. The van der Waals surface area contributed by atoms with Crippen LogP contribution in [0.1, 0.15) is 23.1 Å². The smallest absolute Gasteiger partial charge is 0.291 e. The minimum absolute atomic E-state index is 0.105. The number of benzene rings is 2. The van der Waals surface area contributed by atoms with Crippen LogP contribution >= 0.6 is 11.6 Å². The zero-order valence-electron chi connectivity index (χ0n) is 17.3. The first-order chi connectivity index (χ1) is 15.2. The highest BCUT2D eigenvalue weighted by molar-refractivity contribution is 6.35. The minimum atomic E-state index is -1.38. The Morgan fingerprint density at radius 2 is 1.91 bits per heavy atom. The lowest BCUT2D eigenvalue weighted by Crippen LogP contribution is -2.99. The molecular formula is C23H22ClN4O4+. The van der Waals surface area contributed by atoms with Crippen molar-refractivity contribution in [3.8, 4) is 0 Å². The molecule has 0 aromatic heterocycles. The number of rotatable bonds is 4. The molecule has 2 fully saturated rings. The second-order valence-electron chi connectivity index (χ2n) is 8.75. The van der Waals surface area contributed by atoms with Gasteiger partial charge in [0, 0.05) is 5.56 Å². The molecule has 4 atom stereocenters. The molecule has 32 heavy (non-hydrogen) atoms. The Labute approximate surface area is 189 Å². The third kappa shape index (κ3) is 2.79. The van der Waals surface area contributed by atoms with Gasteiger partial charge in [0.15, 0.2) is 0 Å². The number of hydrogen-bond acceptors (Lipinski definition) is 4.